The third kappa shape index (κ3) is 2.94. The van der Waals surface area contributed by atoms with Crippen LogP contribution < -0.4 is 4.90 Å². The molecule has 0 aliphatic carbocycles. The average molecular weight is 491 g/mol. The summed E-state index contributed by atoms with van der Waals surface area (Å²) in [5.74, 6) is -1.38. The molecule has 3 fully saturated rings. The number of anilines is 1. The smallest absolute Gasteiger partial charge is 0.331 e. The molecule has 3 aliphatic rings. The number of hydrogen-bond donors (Lipinski definition) is 0. The van der Waals surface area contributed by atoms with Crippen molar-refractivity contribution in [1.82, 2.24) is 14.8 Å². The van der Waals surface area contributed by atoms with Crippen LogP contribution in [0, 0.1) is 11.3 Å². The number of piperazine rings is 1. The minimum Gasteiger partial charge on any atom is -0.331 e. The number of benzene rings is 2. The van der Waals surface area contributed by atoms with Crippen molar-refractivity contribution in [3.05, 3.63) is 71.4 Å². The number of carbonyl (C=O) groups is 3. The number of likely N-dealkylation sites (tertiary alicyclic amines) is 1. The minimum atomic E-state index is -4.71. The fourth-order valence-electron chi connectivity index (χ4n) is 5.63. The van der Waals surface area contributed by atoms with Crippen LogP contribution in [0.2, 0.25) is 0 Å². The Morgan fingerprint density at radius 2 is 1.86 bits per heavy atom. The number of amides is 4. The monoisotopic (exact) mass is 491 g/mol. The number of imide groups is 1. The van der Waals surface area contributed by atoms with Gasteiger partial charge in [0.1, 0.15) is 12.1 Å². The van der Waals surface area contributed by atoms with Gasteiger partial charge in [0.05, 0.1) is 40.0 Å². The molecule has 0 spiro atoms. The van der Waals surface area contributed by atoms with Gasteiger partial charge in [0, 0.05) is 18.1 Å². The molecule has 6 rings (SSSR count). The summed E-state index contributed by atoms with van der Waals surface area (Å²) in [6, 6.07) is 10.1. The van der Waals surface area contributed by atoms with Crippen molar-refractivity contribution in [1.29, 1.82) is 5.26 Å². The molecule has 3 aromatic rings. The number of hydrogen-bond acceptors (Lipinski definition) is 5. The second-order valence-electron chi connectivity index (χ2n) is 8.91. The van der Waals surface area contributed by atoms with E-state index in [0.29, 0.717) is 17.3 Å². The lowest BCUT2D eigenvalue weighted by atomic mass is 10.0. The molecule has 3 aliphatic heterocycles. The summed E-state index contributed by atoms with van der Waals surface area (Å²) in [6.45, 7) is 0.0364. The molecule has 8 nitrogen and oxygen atoms in total. The van der Waals surface area contributed by atoms with E-state index >= 15 is 0 Å². The zero-order valence-electron chi connectivity index (χ0n) is 18.4. The van der Waals surface area contributed by atoms with Crippen molar-refractivity contribution in [2.75, 3.05) is 11.4 Å². The van der Waals surface area contributed by atoms with Crippen LogP contribution in [-0.2, 0) is 11.0 Å². The number of pyridine rings is 1. The van der Waals surface area contributed by atoms with Gasteiger partial charge in [0.2, 0.25) is 0 Å². The molecule has 4 heterocycles. The van der Waals surface area contributed by atoms with Gasteiger partial charge in [-0.2, -0.15) is 18.4 Å². The van der Waals surface area contributed by atoms with E-state index in [9.17, 15) is 32.8 Å². The first-order valence-corrected chi connectivity index (χ1v) is 11.1. The Hall–Kier alpha value is -4.46. The Kier molecular flexibility index (Phi) is 4.60. The molecule has 2 aromatic carbocycles. The second-order valence-corrected chi connectivity index (χ2v) is 8.91. The van der Waals surface area contributed by atoms with Gasteiger partial charge in [0.15, 0.2) is 0 Å². The van der Waals surface area contributed by atoms with Crippen molar-refractivity contribution in [3.8, 4) is 6.07 Å². The van der Waals surface area contributed by atoms with E-state index in [4.69, 9.17) is 0 Å². The van der Waals surface area contributed by atoms with Crippen molar-refractivity contribution < 1.29 is 27.6 Å². The molecule has 3 saturated heterocycles. The Balaban J connectivity index is 1.36. The summed E-state index contributed by atoms with van der Waals surface area (Å²) < 4.78 is 40.6. The van der Waals surface area contributed by atoms with Gasteiger partial charge in [-0.05, 0) is 42.8 Å². The van der Waals surface area contributed by atoms with Crippen molar-refractivity contribution >= 4 is 34.4 Å². The quantitative estimate of drug-likeness (QED) is 0.511. The van der Waals surface area contributed by atoms with Gasteiger partial charge < -0.3 is 9.80 Å². The number of nitrogens with zero attached hydrogens (tertiary/aromatic N) is 5. The van der Waals surface area contributed by atoms with Crippen LogP contribution in [0.1, 0.15) is 27.9 Å². The predicted octanol–water partition coefficient (Wildman–Crippen LogP) is 3.56. The molecule has 1 aromatic heterocycles. The number of halogens is 3. The lowest BCUT2D eigenvalue weighted by Crippen LogP contribution is -2.55. The van der Waals surface area contributed by atoms with Gasteiger partial charge in [-0.15, -0.1) is 0 Å². The van der Waals surface area contributed by atoms with E-state index in [1.54, 1.807) is 12.1 Å². The van der Waals surface area contributed by atoms with E-state index in [0.717, 1.165) is 17.0 Å². The summed E-state index contributed by atoms with van der Waals surface area (Å²) in [7, 11) is 0. The molecule has 4 amide bonds. The topological polar surface area (TPSA) is 97.6 Å². The van der Waals surface area contributed by atoms with Crippen molar-refractivity contribution in [2.24, 2.45) is 0 Å². The highest BCUT2D eigenvalue weighted by atomic mass is 19.4. The first-order valence-electron chi connectivity index (χ1n) is 11.1. The molecule has 180 valence electrons. The number of carbonyl (C=O) groups excluding carboxylic acids is 3. The summed E-state index contributed by atoms with van der Waals surface area (Å²) in [5.41, 5.74) is -0.632. The second kappa shape index (κ2) is 7.52. The molecular formula is C25H16F3N5O3. The average Bonchev–Trinajstić information content (AvgIpc) is 3.54. The molecule has 3 atom stereocenters. The van der Waals surface area contributed by atoms with Crippen molar-refractivity contribution in [2.45, 2.75) is 30.7 Å². The van der Waals surface area contributed by atoms with E-state index in [1.165, 1.54) is 40.3 Å². The summed E-state index contributed by atoms with van der Waals surface area (Å²) >= 11 is 0. The maximum absolute atomic E-state index is 13.6. The van der Waals surface area contributed by atoms with Gasteiger partial charge >= 0.3 is 12.2 Å². The Bertz CT molecular complexity index is 1510. The third-order valence-corrected chi connectivity index (χ3v) is 7.10. The fraction of sp³-hybridized carbons (Fsp3) is 0.240. The van der Waals surface area contributed by atoms with Crippen LogP contribution in [0.3, 0.4) is 0 Å². The summed E-state index contributed by atoms with van der Waals surface area (Å²) in [4.78, 5) is 48.2. The number of rotatable bonds is 2. The molecule has 36 heavy (non-hydrogen) atoms. The number of aromatic nitrogens is 1. The number of nitriles is 1. The third-order valence-electron chi connectivity index (χ3n) is 7.10. The molecule has 2 bridgehead atoms. The molecular weight excluding hydrogens is 475 g/mol. The SMILES string of the molecule is N#Cc1ccc(N2C(=O)[C@H]3C4C[C@H](CN4C(=O)c4ccccc4C(F)(F)F)N3C2=O)c2cccnc12. The largest absolute Gasteiger partial charge is 0.417 e. The molecule has 0 radical (unpaired) electrons. The highest BCUT2D eigenvalue weighted by Gasteiger charge is 2.63. The standard InChI is InChI=1S/C25H16F3N5O3/c26-25(27,28)17-6-2-1-4-15(17)22(34)31-12-14-10-19(31)21-23(35)33(24(36)32(14)21)18-8-7-13(11-29)20-16(18)5-3-9-30-20/h1-9,14,19,21H,10,12H2/t14-,19?,21-/m1/s1. The predicted molar refractivity (Wildman–Crippen MR) is 120 cm³/mol. The highest BCUT2D eigenvalue weighted by molar-refractivity contribution is 6.25. The molecule has 0 saturated carbocycles. The van der Waals surface area contributed by atoms with Crippen LogP contribution in [-0.4, -0.2) is 57.3 Å². The highest BCUT2D eigenvalue weighted by Crippen LogP contribution is 2.44. The first kappa shape index (κ1) is 22.0. The molecule has 1 unspecified atom stereocenters. The van der Waals surface area contributed by atoms with Gasteiger partial charge in [-0.25, -0.2) is 9.69 Å². The molecule has 11 heteroatoms. The Morgan fingerprint density at radius 1 is 1.08 bits per heavy atom. The Labute approximate surface area is 202 Å². The van der Waals surface area contributed by atoms with Crippen LogP contribution >= 0.6 is 0 Å². The fourth-order valence-corrected chi connectivity index (χ4v) is 5.63. The maximum atomic E-state index is 13.6. The van der Waals surface area contributed by atoms with Gasteiger partial charge in [0.25, 0.3) is 11.8 Å². The molecule has 0 N–H and O–H groups in total. The zero-order chi connectivity index (χ0) is 25.4. The maximum Gasteiger partial charge on any atom is 0.417 e. The lowest BCUT2D eigenvalue weighted by Gasteiger charge is -2.35. The van der Waals surface area contributed by atoms with Crippen LogP contribution in [0.5, 0.6) is 0 Å². The lowest BCUT2D eigenvalue weighted by molar-refractivity contribution is -0.138. The summed E-state index contributed by atoms with van der Waals surface area (Å²) in [5, 5.41) is 9.84. The number of urea groups is 1. The zero-order valence-corrected chi connectivity index (χ0v) is 18.4. The Morgan fingerprint density at radius 3 is 2.61 bits per heavy atom. The van der Waals surface area contributed by atoms with Gasteiger partial charge in [-0.3, -0.25) is 14.6 Å². The summed E-state index contributed by atoms with van der Waals surface area (Å²) in [6.07, 6.45) is -2.90. The van der Waals surface area contributed by atoms with E-state index in [1.807, 2.05) is 6.07 Å². The first-order chi connectivity index (χ1) is 17.2. The normalized spacial score (nSPS) is 22.9. The van der Waals surface area contributed by atoms with Crippen LogP contribution in [0.4, 0.5) is 23.7 Å². The van der Waals surface area contributed by atoms with Gasteiger partial charge in [-0.1, -0.05) is 12.1 Å². The van der Waals surface area contributed by atoms with E-state index in [-0.39, 0.29) is 17.8 Å². The minimum absolute atomic E-state index is 0.0364. The number of alkyl halides is 3. The van der Waals surface area contributed by atoms with E-state index < -0.39 is 53.3 Å². The van der Waals surface area contributed by atoms with Crippen LogP contribution in [0.25, 0.3) is 10.9 Å². The van der Waals surface area contributed by atoms with E-state index in [2.05, 4.69) is 4.98 Å². The van der Waals surface area contributed by atoms with Crippen molar-refractivity contribution in [3.63, 3.8) is 0 Å². The van der Waals surface area contributed by atoms with Crippen LogP contribution in [0.15, 0.2) is 54.7 Å². The number of fused-ring (bicyclic) bond motifs is 6.